The van der Waals surface area contributed by atoms with Crippen LogP contribution in [0.5, 0.6) is 0 Å². The van der Waals surface area contributed by atoms with E-state index < -0.39 is 0 Å². The molecule has 1 unspecified atom stereocenters. The number of fused-ring (bicyclic) bond motifs is 5. The molecule has 1 N–H and O–H groups in total. The zero-order valence-corrected chi connectivity index (χ0v) is 19.6. The number of carbonyl (C=O) groups excluding carboxylic acids is 1. The minimum Gasteiger partial charge on any atom is -0.461 e. The first-order chi connectivity index (χ1) is 14.3. The molecule has 30 heavy (non-hydrogen) atoms. The van der Waals surface area contributed by atoms with Crippen LogP contribution in [0, 0.1) is 46.3 Å². The number of hydrogen-bond acceptors (Lipinski definition) is 3. The first-order valence-electron chi connectivity index (χ1n) is 12.7. The minimum absolute atomic E-state index is 0.0524. The Morgan fingerprint density at radius 1 is 1.10 bits per heavy atom. The third kappa shape index (κ3) is 3.78. The summed E-state index contributed by atoms with van der Waals surface area (Å²) in [5, 5.41) is 10.2. The summed E-state index contributed by atoms with van der Waals surface area (Å²) < 4.78 is 5.20. The molecule has 4 aliphatic carbocycles. The first kappa shape index (κ1) is 22.4. The lowest BCUT2D eigenvalue weighted by Gasteiger charge is -2.61. The Kier molecular flexibility index (Phi) is 6.41. The summed E-state index contributed by atoms with van der Waals surface area (Å²) in [6.45, 7) is 11.5. The molecule has 0 aromatic heterocycles. The monoisotopic (exact) mass is 416 g/mol. The zero-order valence-electron chi connectivity index (χ0n) is 19.6. The number of esters is 1. The van der Waals surface area contributed by atoms with Crippen molar-refractivity contribution in [3.8, 4) is 0 Å². The van der Waals surface area contributed by atoms with Gasteiger partial charge in [0, 0.05) is 6.42 Å². The lowest BCUT2D eigenvalue weighted by molar-refractivity contribution is -0.143. The van der Waals surface area contributed by atoms with Crippen LogP contribution < -0.4 is 0 Å². The highest BCUT2D eigenvalue weighted by Crippen LogP contribution is 2.68. The van der Waals surface area contributed by atoms with Crippen LogP contribution >= 0.6 is 0 Å². The van der Waals surface area contributed by atoms with Crippen molar-refractivity contribution in [2.45, 2.75) is 97.5 Å². The highest BCUT2D eigenvalue weighted by molar-refractivity contribution is 5.69. The predicted molar refractivity (Wildman–Crippen MR) is 121 cm³/mol. The van der Waals surface area contributed by atoms with Crippen LogP contribution in [0.3, 0.4) is 0 Å². The largest absolute Gasteiger partial charge is 0.461 e. The molecule has 9 atom stereocenters. The van der Waals surface area contributed by atoms with Gasteiger partial charge in [-0.1, -0.05) is 33.4 Å². The van der Waals surface area contributed by atoms with Gasteiger partial charge in [0.15, 0.2) is 0 Å². The lowest BCUT2D eigenvalue weighted by atomic mass is 9.44. The molecule has 4 fully saturated rings. The summed E-state index contributed by atoms with van der Waals surface area (Å²) in [5.74, 6) is 4.61. The van der Waals surface area contributed by atoms with E-state index in [4.69, 9.17) is 4.74 Å². The van der Waals surface area contributed by atoms with Gasteiger partial charge in [0.2, 0.25) is 0 Å². The third-order valence-electron chi connectivity index (χ3n) is 10.6. The average molecular weight is 417 g/mol. The maximum absolute atomic E-state index is 12.0. The molecule has 0 amide bonds. The smallest absolute Gasteiger partial charge is 0.306 e. The molecule has 0 heterocycles. The van der Waals surface area contributed by atoms with Crippen LogP contribution in [0.15, 0.2) is 12.7 Å². The lowest BCUT2D eigenvalue weighted by Crippen LogP contribution is -2.54. The van der Waals surface area contributed by atoms with Crippen molar-refractivity contribution in [3.63, 3.8) is 0 Å². The van der Waals surface area contributed by atoms with Crippen LogP contribution in [0.1, 0.15) is 91.4 Å². The molecular weight excluding hydrogens is 372 g/mol. The normalized spacial score (nSPS) is 46.3. The number of carbonyl (C=O) groups is 1. The van der Waals surface area contributed by atoms with Crippen molar-refractivity contribution < 1.29 is 14.6 Å². The van der Waals surface area contributed by atoms with Crippen LogP contribution in [-0.4, -0.2) is 23.8 Å². The maximum Gasteiger partial charge on any atom is 0.306 e. The van der Waals surface area contributed by atoms with Gasteiger partial charge in [0.05, 0.1) is 6.10 Å². The van der Waals surface area contributed by atoms with E-state index in [1.54, 1.807) is 6.08 Å². The van der Waals surface area contributed by atoms with Gasteiger partial charge in [-0.05, 0) is 111 Å². The van der Waals surface area contributed by atoms with E-state index in [1.165, 1.54) is 44.9 Å². The number of ether oxygens (including phenoxy) is 1. The minimum atomic E-state index is -0.0732. The maximum atomic E-state index is 12.0. The molecule has 4 saturated carbocycles. The van der Waals surface area contributed by atoms with E-state index in [-0.39, 0.29) is 12.1 Å². The molecule has 4 aliphatic rings. The molecule has 170 valence electrons. The van der Waals surface area contributed by atoms with Crippen molar-refractivity contribution in [2.24, 2.45) is 46.3 Å². The van der Waals surface area contributed by atoms with Gasteiger partial charge in [-0.15, -0.1) is 0 Å². The fourth-order valence-electron chi connectivity index (χ4n) is 8.98. The summed E-state index contributed by atoms with van der Waals surface area (Å²) in [6.07, 6.45) is 14.6. The second-order valence-electron chi connectivity index (χ2n) is 11.8. The Bertz CT molecular complexity index is 644. The molecule has 3 nitrogen and oxygen atoms in total. The van der Waals surface area contributed by atoms with Crippen molar-refractivity contribution >= 4 is 5.97 Å². The fraction of sp³-hybridized carbons (Fsp3) is 0.889. The molecule has 0 aliphatic heterocycles. The number of aliphatic hydroxyl groups is 1. The van der Waals surface area contributed by atoms with Gasteiger partial charge in [-0.2, -0.15) is 0 Å². The van der Waals surface area contributed by atoms with Crippen LogP contribution in [0.4, 0.5) is 0 Å². The second-order valence-corrected chi connectivity index (χ2v) is 11.8. The van der Waals surface area contributed by atoms with Gasteiger partial charge in [-0.3, -0.25) is 4.79 Å². The summed E-state index contributed by atoms with van der Waals surface area (Å²) >= 11 is 0. The molecular formula is C27H44O3. The standard InChI is InChI=1S/C27H44O3/c1-5-16-30-25(29)11-6-18(2)22-9-10-23-21-8-7-19-17-20(28)12-14-26(19,3)24(21)13-15-27(22,23)4/h5,18-24,28H,1,6-17H2,2-4H3/t18-,19-,20-,21+,22?,23+,24+,26+,27-/m1/s1. The molecule has 4 rings (SSSR count). The Morgan fingerprint density at radius 2 is 1.83 bits per heavy atom. The first-order valence-corrected chi connectivity index (χ1v) is 12.7. The van der Waals surface area contributed by atoms with Gasteiger partial charge in [0.25, 0.3) is 0 Å². The summed E-state index contributed by atoms with van der Waals surface area (Å²) in [5.41, 5.74) is 0.908. The molecule has 0 radical (unpaired) electrons. The van der Waals surface area contributed by atoms with Crippen LogP contribution in [-0.2, 0) is 9.53 Å². The van der Waals surface area contributed by atoms with Crippen LogP contribution in [0.25, 0.3) is 0 Å². The third-order valence-corrected chi connectivity index (χ3v) is 10.6. The fourth-order valence-corrected chi connectivity index (χ4v) is 8.98. The van der Waals surface area contributed by atoms with Crippen molar-refractivity contribution in [1.82, 2.24) is 0 Å². The van der Waals surface area contributed by atoms with Crippen molar-refractivity contribution in [3.05, 3.63) is 12.7 Å². The van der Waals surface area contributed by atoms with E-state index in [2.05, 4.69) is 27.4 Å². The second kappa shape index (κ2) is 8.60. The average Bonchev–Trinajstić information content (AvgIpc) is 3.08. The number of aliphatic hydroxyl groups excluding tert-OH is 1. The summed E-state index contributed by atoms with van der Waals surface area (Å²) in [4.78, 5) is 12.0. The van der Waals surface area contributed by atoms with E-state index in [0.717, 1.165) is 48.9 Å². The van der Waals surface area contributed by atoms with Gasteiger partial charge in [0.1, 0.15) is 6.61 Å². The van der Waals surface area contributed by atoms with Gasteiger partial charge >= 0.3 is 5.97 Å². The number of rotatable bonds is 6. The Morgan fingerprint density at radius 3 is 2.60 bits per heavy atom. The number of hydrogen-bond donors (Lipinski definition) is 1. The molecule has 0 spiro atoms. The zero-order chi connectivity index (χ0) is 21.5. The summed E-state index contributed by atoms with van der Waals surface area (Å²) in [6, 6.07) is 0. The topological polar surface area (TPSA) is 46.5 Å². The highest BCUT2D eigenvalue weighted by atomic mass is 16.5. The van der Waals surface area contributed by atoms with Crippen molar-refractivity contribution in [2.75, 3.05) is 6.61 Å². The van der Waals surface area contributed by atoms with Crippen molar-refractivity contribution in [1.29, 1.82) is 0 Å². The predicted octanol–water partition coefficient (Wildman–Crippen LogP) is 6.15. The molecule has 0 aromatic carbocycles. The van der Waals surface area contributed by atoms with Gasteiger partial charge in [-0.25, -0.2) is 0 Å². The quantitative estimate of drug-likeness (QED) is 0.417. The Balaban J connectivity index is 1.42. The van der Waals surface area contributed by atoms with E-state index in [1.807, 2.05) is 0 Å². The molecule has 0 bridgehead atoms. The molecule has 0 saturated heterocycles. The van der Waals surface area contributed by atoms with E-state index in [9.17, 15) is 9.90 Å². The van der Waals surface area contributed by atoms with E-state index >= 15 is 0 Å². The Labute approximate surface area is 184 Å². The van der Waals surface area contributed by atoms with E-state index in [0.29, 0.717) is 29.8 Å². The SMILES string of the molecule is C=CCOC(=O)CC[C@@H](C)C1CC[C@H]2[C@@H]3CC[C@@H]4C[C@H](O)CC[C@]4(C)[C@H]3CC[C@]12C. The molecule has 0 aromatic rings. The van der Waals surface area contributed by atoms with Crippen LogP contribution in [0.2, 0.25) is 0 Å². The summed E-state index contributed by atoms with van der Waals surface area (Å²) in [7, 11) is 0. The van der Waals surface area contributed by atoms with Gasteiger partial charge < -0.3 is 9.84 Å². The Hall–Kier alpha value is -0.830. The highest BCUT2D eigenvalue weighted by Gasteiger charge is 2.60. The molecule has 3 heteroatoms.